The molecule has 0 spiro atoms. The van der Waals surface area contributed by atoms with Crippen LogP contribution in [0.1, 0.15) is 24.3 Å². The van der Waals surface area contributed by atoms with E-state index in [1.165, 1.54) is 12.1 Å². The van der Waals surface area contributed by atoms with Crippen LogP contribution < -0.4 is 4.90 Å². The molecule has 2 heterocycles. The van der Waals surface area contributed by atoms with Gasteiger partial charge in [0.05, 0.1) is 13.1 Å². The third-order valence-corrected chi connectivity index (χ3v) is 6.01. The highest BCUT2D eigenvalue weighted by Gasteiger charge is 2.34. The fourth-order valence-corrected chi connectivity index (χ4v) is 4.28. The highest BCUT2D eigenvalue weighted by Crippen LogP contribution is 2.29. The van der Waals surface area contributed by atoms with Crippen LogP contribution >= 0.6 is 0 Å². The molecule has 2 aliphatic rings. The van der Waals surface area contributed by atoms with Crippen LogP contribution in [0.15, 0.2) is 54.6 Å². The molecule has 0 radical (unpaired) electrons. The maximum Gasteiger partial charge on any atom is 0.230 e. The zero-order valence-electron chi connectivity index (χ0n) is 17.4. The van der Waals surface area contributed by atoms with E-state index in [0.29, 0.717) is 13.1 Å². The lowest BCUT2D eigenvalue weighted by Gasteiger charge is -2.36. The fraction of sp³-hybridized carbons (Fsp3) is 0.375. The van der Waals surface area contributed by atoms with Gasteiger partial charge in [-0.25, -0.2) is 4.39 Å². The second-order valence-electron chi connectivity index (χ2n) is 8.17. The summed E-state index contributed by atoms with van der Waals surface area (Å²) in [5.41, 5.74) is 1.94. The van der Waals surface area contributed by atoms with Crippen LogP contribution in [-0.2, 0) is 14.4 Å². The molecule has 4 rings (SSSR count). The van der Waals surface area contributed by atoms with Crippen molar-refractivity contribution in [3.05, 3.63) is 66.0 Å². The second kappa shape index (κ2) is 9.39. The van der Waals surface area contributed by atoms with Gasteiger partial charge < -0.3 is 4.90 Å². The first-order valence-electron chi connectivity index (χ1n) is 10.6. The van der Waals surface area contributed by atoms with Gasteiger partial charge in [-0.3, -0.25) is 24.2 Å². The summed E-state index contributed by atoms with van der Waals surface area (Å²) in [6, 6.07) is 16.0. The summed E-state index contributed by atoms with van der Waals surface area (Å²) in [6.45, 7) is 2.93. The second-order valence-corrected chi connectivity index (χ2v) is 8.17. The maximum atomic E-state index is 13.1. The van der Waals surface area contributed by atoms with Crippen LogP contribution in [0.5, 0.6) is 0 Å². The van der Waals surface area contributed by atoms with Crippen LogP contribution in [-0.4, -0.2) is 66.7 Å². The quantitative estimate of drug-likeness (QED) is 0.668. The number of imide groups is 1. The van der Waals surface area contributed by atoms with Crippen LogP contribution in [0.4, 0.5) is 10.1 Å². The number of benzene rings is 2. The minimum Gasteiger partial charge on any atom is -0.369 e. The number of ketones is 1. The smallest absolute Gasteiger partial charge is 0.230 e. The number of carbonyl (C=O) groups is 3. The van der Waals surface area contributed by atoms with Gasteiger partial charge in [-0.2, -0.15) is 0 Å². The fourth-order valence-electron chi connectivity index (χ4n) is 4.28. The highest BCUT2D eigenvalue weighted by molar-refractivity contribution is 6.02. The standard InChI is InChI=1S/C24H26FN3O3/c25-20-6-8-21(9-7-20)27-12-10-26(11-13-27)16-22(29)17-28-23(30)14-19(15-24(28)31)18-4-2-1-3-5-18/h1-9,19H,10-17H2. The van der Waals surface area contributed by atoms with E-state index < -0.39 is 0 Å². The number of likely N-dealkylation sites (tertiary alicyclic amines) is 1. The van der Waals surface area contributed by atoms with Gasteiger partial charge in [-0.05, 0) is 29.8 Å². The van der Waals surface area contributed by atoms with E-state index in [1.54, 1.807) is 12.1 Å². The van der Waals surface area contributed by atoms with Crippen LogP contribution in [0.2, 0.25) is 0 Å². The van der Waals surface area contributed by atoms with Crippen molar-refractivity contribution in [1.29, 1.82) is 0 Å². The zero-order chi connectivity index (χ0) is 21.8. The normalized spacial score (nSPS) is 18.5. The van der Waals surface area contributed by atoms with Crippen molar-refractivity contribution >= 4 is 23.3 Å². The minimum atomic E-state index is -0.278. The number of rotatable bonds is 6. The number of nitrogens with zero attached hydrogens (tertiary/aromatic N) is 3. The molecule has 2 aliphatic heterocycles. The van der Waals surface area contributed by atoms with Gasteiger partial charge in [0.2, 0.25) is 11.8 Å². The summed E-state index contributed by atoms with van der Waals surface area (Å²) in [4.78, 5) is 43.0. The first kappa shape index (κ1) is 21.2. The molecular weight excluding hydrogens is 397 g/mol. The van der Waals surface area contributed by atoms with E-state index in [0.717, 1.165) is 29.2 Å². The summed E-state index contributed by atoms with van der Waals surface area (Å²) in [7, 11) is 0. The molecule has 31 heavy (non-hydrogen) atoms. The molecule has 0 atom stereocenters. The molecule has 7 heteroatoms. The predicted octanol–water partition coefficient (Wildman–Crippen LogP) is 2.45. The molecule has 162 valence electrons. The third-order valence-electron chi connectivity index (χ3n) is 6.01. The van der Waals surface area contributed by atoms with Gasteiger partial charge in [0.25, 0.3) is 0 Å². The number of Topliss-reactive ketones (excluding diaryl/α,β-unsaturated/α-hetero) is 1. The van der Waals surface area contributed by atoms with Gasteiger partial charge in [-0.1, -0.05) is 30.3 Å². The van der Waals surface area contributed by atoms with Crippen molar-refractivity contribution in [2.45, 2.75) is 18.8 Å². The van der Waals surface area contributed by atoms with Crippen LogP contribution in [0, 0.1) is 5.82 Å². The van der Waals surface area contributed by atoms with E-state index in [2.05, 4.69) is 4.90 Å². The SMILES string of the molecule is O=C(CN1CCN(c2ccc(F)cc2)CC1)CN1C(=O)CC(c2ccccc2)CC1=O. The number of halogens is 1. The molecule has 0 aliphatic carbocycles. The van der Waals surface area contributed by atoms with Crippen molar-refractivity contribution in [2.75, 3.05) is 44.2 Å². The predicted molar refractivity (Wildman–Crippen MR) is 115 cm³/mol. The maximum absolute atomic E-state index is 13.1. The molecule has 2 saturated heterocycles. The molecule has 0 bridgehead atoms. The molecule has 0 aromatic heterocycles. The van der Waals surface area contributed by atoms with E-state index in [-0.39, 0.29) is 55.3 Å². The number of hydrogen-bond acceptors (Lipinski definition) is 5. The molecule has 0 N–H and O–H groups in total. The van der Waals surface area contributed by atoms with Crippen molar-refractivity contribution in [1.82, 2.24) is 9.80 Å². The number of carbonyl (C=O) groups excluding carboxylic acids is 3. The zero-order valence-corrected chi connectivity index (χ0v) is 17.4. The summed E-state index contributed by atoms with van der Waals surface area (Å²) in [5, 5.41) is 0. The van der Waals surface area contributed by atoms with Crippen molar-refractivity contribution in [3.63, 3.8) is 0 Å². The van der Waals surface area contributed by atoms with Crippen molar-refractivity contribution in [2.24, 2.45) is 0 Å². The molecule has 2 amide bonds. The van der Waals surface area contributed by atoms with Gasteiger partial charge in [0.1, 0.15) is 5.82 Å². The Morgan fingerprint density at radius 1 is 0.839 bits per heavy atom. The van der Waals surface area contributed by atoms with Crippen LogP contribution in [0.25, 0.3) is 0 Å². The van der Waals surface area contributed by atoms with E-state index in [1.807, 2.05) is 35.2 Å². The van der Waals surface area contributed by atoms with Gasteiger partial charge in [0.15, 0.2) is 5.78 Å². The Morgan fingerprint density at radius 2 is 1.45 bits per heavy atom. The number of anilines is 1. The van der Waals surface area contributed by atoms with Gasteiger partial charge in [-0.15, -0.1) is 0 Å². The Hall–Kier alpha value is -3.06. The summed E-state index contributed by atoms with van der Waals surface area (Å²) in [6.07, 6.45) is 0.499. The summed E-state index contributed by atoms with van der Waals surface area (Å²) in [5.74, 6) is -1.06. The Bertz CT molecular complexity index is 922. The molecule has 0 saturated carbocycles. The molecule has 2 fully saturated rings. The van der Waals surface area contributed by atoms with Crippen LogP contribution in [0.3, 0.4) is 0 Å². The topological polar surface area (TPSA) is 60.9 Å². The lowest BCUT2D eigenvalue weighted by molar-refractivity contribution is -0.151. The highest BCUT2D eigenvalue weighted by atomic mass is 19.1. The van der Waals surface area contributed by atoms with Crippen molar-refractivity contribution < 1.29 is 18.8 Å². The van der Waals surface area contributed by atoms with E-state index >= 15 is 0 Å². The summed E-state index contributed by atoms with van der Waals surface area (Å²) < 4.78 is 13.1. The first-order valence-corrected chi connectivity index (χ1v) is 10.6. The largest absolute Gasteiger partial charge is 0.369 e. The Labute approximate surface area is 181 Å². The van der Waals surface area contributed by atoms with Gasteiger partial charge in [0, 0.05) is 50.6 Å². The Balaban J connectivity index is 1.26. The molecule has 0 unspecified atom stereocenters. The molecular formula is C24H26FN3O3. The average molecular weight is 423 g/mol. The number of piperidine rings is 1. The molecule has 6 nitrogen and oxygen atoms in total. The van der Waals surface area contributed by atoms with E-state index in [9.17, 15) is 18.8 Å². The summed E-state index contributed by atoms with van der Waals surface area (Å²) >= 11 is 0. The lowest BCUT2D eigenvalue weighted by atomic mass is 9.88. The van der Waals surface area contributed by atoms with E-state index in [4.69, 9.17) is 0 Å². The minimum absolute atomic E-state index is 0.118. The average Bonchev–Trinajstić information content (AvgIpc) is 2.78. The van der Waals surface area contributed by atoms with Crippen molar-refractivity contribution in [3.8, 4) is 0 Å². The number of piperazine rings is 1. The number of hydrogen-bond donors (Lipinski definition) is 0. The Kier molecular flexibility index (Phi) is 6.42. The number of amides is 2. The monoisotopic (exact) mass is 423 g/mol. The first-order chi connectivity index (χ1) is 15.0. The third kappa shape index (κ3) is 5.17. The Morgan fingerprint density at radius 3 is 2.06 bits per heavy atom. The molecule has 2 aromatic carbocycles. The van der Waals surface area contributed by atoms with Gasteiger partial charge >= 0.3 is 0 Å². The molecule has 2 aromatic rings. The lowest BCUT2D eigenvalue weighted by Crippen LogP contribution is -2.50.